The van der Waals surface area contributed by atoms with Crippen molar-refractivity contribution >= 4 is 28.1 Å². The lowest BCUT2D eigenvalue weighted by Crippen LogP contribution is -2.32. The molecule has 0 saturated carbocycles. The molecular weight excluding hydrogens is 386 g/mol. The van der Waals surface area contributed by atoms with Gasteiger partial charge in [0.25, 0.3) is 6.47 Å². The molecule has 28 heavy (non-hydrogen) atoms. The summed E-state index contributed by atoms with van der Waals surface area (Å²) >= 11 is 0. The Morgan fingerprint density at radius 2 is 1.86 bits per heavy atom. The zero-order valence-electron chi connectivity index (χ0n) is 16.6. The van der Waals surface area contributed by atoms with E-state index in [1.54, 1.807) is 12.1 Å². The molecule has 0 bridgehead atoms. The van der Waals surface area contributed by atoms with E-state index in [0.717, 1.165) is 6.42 Å². The molecule has 0 heterocycles. The Hall–Kier alpha value is -2.01. The number of sulfonamides is 1. The van der Waals surface area contributed by atoms with Crippen molar-refractivity contribution in [3.63, 3.8) is 0 Å². The Labute approximate surface area is 166 Å². The van der Waals surface area contributed by atoms with Gasteiger partial charge in [-0.2, -0.15) is 0 Å². The molecule has 0 radical (unpaired) electrons. The molecule has 4 N–H and O–H groups in total. The Bertz CT molecular complexity index is 664. The highest BCUT2D eigenvalue weighted by Crippen LogP contribution is 2.14. The van der Waals surface area contributed by atoms with Crippen LogP contribution < -0.4 is 15.4 Å². The number of anilines is 1. The van der Waals surface area contributed by atoms with Crippen LogP contribution in [0.1, 0.15) is 33.6 Å². The molecule has 9 nitrogen and oxygen atoms in total. The average Bonchev–Trinajstić information content (AvgIpc) is 2.65. The molecule has 0 aliphatic rings. The maximum absolute atomic E-state index is 12.2. The topological polar surface area (TPSA) is 134 Å². The number of hydrogen-bond donors (Lipinski definition) is 4. The summed E-state index contributed by atoms with van der Waals surface area (Å²) in [6, 6.07) is 6.00. The molecule has 0 saturated heterocycles. The number of amides is 1. The molecule has 1 atom stereocenters. The lowest BCUT2D eigenvalue weighted by atomic mass is 10.3. The van der Waals surface area contributed by atoms with Crippen molar-refractivity contribution < 1.29 is 27.9 Å². The van der Waals surface area contributed by atoms with Crippen molar-refractivity contribution in [1.82, 2.24) is 10.0 Å². The third kappa shape index (κ3) is 11.7. The van der Waals surface area contributed by atoms with Gasteiger partial charge in [-0.3, -0.25) is 9.59 Å². The zero-order valence-corrected chi connectivity index (χ0v) is 17.4. The van der Waals surface area contributed by atoms with Gasteiger partial charge in [-0.1, -0.05) is 6.92 Å². The minimum atomic E-state index is -3.53. The molecule has 0 aliphatic heterocycles. The van der Waals surface area contributed by atoms with E-state index < -0.39 is 10.0 Å². The van der Waals surface area contributed by atoms with Gasteiger partial charge in [0.1, 0.15) is 0 Å². The first-order valence-corrected chi connectivity index (χ1v) is 10.6. The van der Waals surface area contributed by atoms with E-state index in [0.29, 0.717) is 31.9 Å². The molecule has 0 aliphatic carbocycles. The number of rotatable bonds is 12. The standard InChI is InChI=1S/C17H29N3O4S.CH2O2/c1-4-14(3)20-25(22,23)16-9-7-15(8-10-16)19-17(21)13-18-11-6-12-24-5-2;2-1-3/h7-10,14,18,20H,4-6,11-13H2,1-3H3,(H,19,21);1H,(H,2,3). The lowest BCUT2D eigenvalue weighted by molar-refractivity contribution is -0.123. The first-order valence-electron chi connectivity index (χ1n) is 9.09. The second-order valence-corrected chi connectivity index (χ2v) is 7.55. The van der Waals surface area contributed by atoms with Crippen molar-refractivity contribution in [3.8, 4) is 0 Å². The van der Waals surface area contributed by atoms with Gasteiger partial charge in [0, 0.05) is 24.9 Å². The fraction of sp³-hybridized carbons (Fsp3) is 0.556. The Morgan fingerprint density at radius 1 is 1.25 bits per heavy atom. The van der Waals surface area contributed by atoms with E-state index >= 15 is 0 Å². The summed E-state index contributed by atoms with van der Waals surface area (Å²) in [6.07, 6.45) is 1.56. The predicted octanol–water partition coefficient (Wildman–Crippen LogP) is 1.42. The van der Waals surface area contributed by atoms with Crippen LogP contribution in [-0.2, 0) is 24.3 Å². The van der Waals surface area contributed by atoms with Gasteiger partial charge in [0.15, 0.2) is 0 Å². The quantitative estimate of drug-likeness (QED) is 0.298. The van der Waals surface area contributed by atoms with E-state index in [2.05, 4.69) is 15.4 Å². The van der Waals surface area contributed by atoms with E-state index in [4.69, 9.17) is 14.6 Å². The first kappa shape index (κ1) is 26.0. The molecule has 0 aromatic heterocycles. The number of carboxylic acid groups (broad SMARTS) is 1. The molecule has 160 valence electrons. The summed E-state index contributed by atoms with van der Waals surface area (Å²) in [5.41, 5.74) is 0.559. The highest BCUT2D eigenvalue weighted by atomic mass is 32.2. The van der Waals surface area contributed by atoms with Gasteiger partial charge in [-0.05, 0) is 57.5 Å². The maximum Gasteiger partial charge on any atom is 0.290 e. The number of benzene rings is 1. The van der Waals surface area contributed by atoms with E-state index in [1.807, 2.05) is 20.8 Å². The molecular formula is C18H31N3O6S. The van der Waals surface area contributed by atoms with Crippen LogP contribution in [0.3, 0.4) is 0 Å². The molecule has 1 unspecified atom stereocenters. The number of ether oxygens (including phenoxy) is 1. The summed E-state index contributed by atoms with van der Waals surface area (Å²) in [7, 11) is -3.53. The van der Waals surface area contributed by atoms with Crippen LogP contribution in [0.4, 0.5) is 5.69 Å². The second-order valence-electron chi connectivity index (χ2n) is 5.84. The zero-order chi connectivity index (χ0) is 21.4. The predicted molar refractivity (Wildman–Crippen MR) is 108 cm³/mol. The number of hydrogen-bond acceptors (Lipinski definition) is 6. The molecule has 1 aromatic carbocycles. The summed E-state index contributed by atoms with van der Waals surface area (Å²) in [6.45, 7) is 7.68. The van der Waals surface area contributed by atoms with Gasteiger partial charge >= 0.3 is 0 Å². The third-order valence-corrected chi connectivity index (χ3v) is 5.15. The first-order chi connectivity index (χ1) is 13.3. The smallest absolute Gasteiger partial charge is 0.290 e. The lowest BCUT2D eigenvalue weighted by Gasteiger charge is -2.12. The number of carbonyl (C=O) groups excluding carboxylic acids is 1. The van der Waals surface area contributed by atoms with Crippen LogP contribution in [0.5, 0.6) is 0 Å². The van der Waals surface area contributed by atoms with Crippen LogP contribution >= 0.6 is 0 Å². The van der Waals surface area contributed by atoms with E-state index in [-0.39, 0.29) is 29.9 Å². The Morgan fingerprint density at radius 3 is 2.39 bits per heavy atom. The van der Waals surface area contributed by atoms with Gasteiger partial charge in [-0.25, -0.2) is 13.1 Å². The Kier molecular flexibility index (Phi) is 13.9. The molecule has 1 amide bonds. The van der Waals surface area contributed by atoms with Crippen LogP contribution in [0.25, 0.3) is 0 Å². The molecule has 10 heteroatoms. The second kappa shape index (κ2) is 15.0. The number of nitrogens with one attached hydrogen (secondary N) is 3. The summed E-state index contributed by atoms with van der Waals surface area (Å²) in [5.74, 6) is -0.176. The van der Waals surface area contributed by atoms with Gasteiger partial charge in [0.2, 0.25) is 15.9 Å². The van der Waals surface area contributed by atoms with Gasteiger partial charge in [0.05, 0.1) is 11.4 Å². The van der Waals surface area contributed by atoms with Crippen molar-refractivity contribution in [2.45, 2.75) is 44.6 Å². The molecule has 1 rings (SSSR count). The van der Waals surface area contributed by atoms with Gasteiger partial charge < -0.3 is 20.5 Å². The van der Waals surface area contributed by atoms with Crippen molar-refractivity contribution in [2.24, 2.45) is 0 Å². The third-order valence-electron chi connectivity index (χ3n) is 3.55. The van der Waals surface area contributed by atoms with E-state index in [9.17, 15) is 13.2 Å². The van der Waals surface area contributed by atoms with Crippen LogP contribution in [0.2, 0.25) is 0 Å². The SMILES string of the molecule is CCOCCCNCC(=O)Nc1ccc(S(=O)(=O)NC(C)CC)cc1.O=CO. The minimum absolute atomic E-state index is 0.127. The monoisotopic (exact) mass is 417 g/mol. The average molecular weight is 418 g/mol. The summed E-state index contributed by atoms with van der Waals surface area (Å²) < 4.78 is 32.1. The minimum Gasteiger partial charge on any atom is -0.483 e. The van der Waals surface area contributed by atoms with Crippen molar-refractivity contribution in [1.29, 1.82) is 0 Å². The summed E-state index contributed by atoms with van der Waals surface area (Å²) in [5, 5.41) is 12.6. The summed E-state index contributed by atoms with van der Waals surface area (Å²) in [4.78, 5) is 20.4. The molecule has 0 fully saturated rings. The van der Waals surface area contributed by atoms with Crippen molar-refractivity contribution in [2.75, 3.05) is 31.6 Å². The van der Waals surface area contributed by atoms with Crippen LogP contribution in [-0.4, -0.2) is 58.2 Å². The highest BCUT2D eigenvalue weighted by Gasteiger charge is 2.16. The highest BCUT2D eigenvalue weighted by molar-refractivity contribution is 7.89. The van der Waals surface area contributed by atoms with Crippen molar-refractivity contribution in [3.05, 3.63) is 24.3 Å². The Balaban J connectivity index is 0.00000227. The fourth-order valence-electron chi connectivity index (χ4n) is 1.98. The molecule has 0 spiro atoms. The van der Waals surface area contributed by atoms with E-state index in [1.165, 1.54) is 12.1 Å². The van der Waals surface area contributed by atoms with Crippen LogP contribution in [0.15, 0.2) is 29.2 Å². The molecule has 1 aromatic rings. The maximum atomic E-state index is 12.2. The largest absolute Gasteiger partial charge is 0.483 e. The van der Waals surface area contributed by atoms with Crippen LogP contribution in [0, 0.1) is 0 Å². The van der Waals surface area contributed by atoms with Gasteiger partial charge in [-0.15, -0.1) is 0 Å². The normalized spacial score (nSPS) is 11.8. The fourth-order valence-corrected chi connectivity index (χ4v) is 3.31. The number of carbonyl (C=O) groups is 2.